The van der Waals surface area contributed by atoms with E-state index in [-0.39, 0.29) is 12.1 Å². The standard InChI is InChI=1S/C8H9F2N/c9-7-3-6(1-2-11)4-8(10)5-7/h3-5H,1-2,11H2/i1D2. The summed E-state index contributed by atoms with van der Waals surface area (Å²) in [5.74, 6) is -1.60. The highest BCUT2D eigenvalue weighted by Crippen LogP contribution is 2.07. The number of nitrogens with two attached hydrogens (primary N) is 1. The molecule has 1 nitrogen and oxygen atoms in total. The second kappa shape index (κ2) is 3.44. The van der Waals surface area contributed by atoms with E-state index >= 15 is 0 Å². The van der Waals surface area contributed by atoms with Crippen LogP contribution in [-0.4, -0.2) is 6.54 Å². The Kier molecular flexibility index (Phi) is 1.77. The maximum Gasteiger partial charge on any atom is 0.126 e. The maximum absolute atomic E-state index is 12.6. The minimum absolute atomic E-state index is 0.0764. The fourth-order valence-electron chi connectivity index (χ4n) is 0.774. The van der Waals surface area contributed by atoms with Gasteiger partial charge >= 0.3 is 0 Å². The summed E-state index contributed by atoms with van der Waals surface area (Å²) in [5, 5.41) is 0. The minimum Gasteiger partial charge on any atom is -0.330 e. The summed E-state index contributed by atoms with van der Waals surface area (Å²) >= 11 is 0. The summed E-state index contributed by atoms with van der Waals surface area (Å²) in [5.41, 5.74) is 5.04. The van der Waals surface area contributed by atoms with E-state index < -0.39 is 18.0 Å². The lowest BCUT2D eigenvalue weighted by molar-refractivity contribution is 0.579. The second-order valence-electron chi connectivity index (χ2n) is 2.04. The fourth-order valence-corrected chi connectivity index (χ4v) is 0.774. The first-order valence-corrected chi connectivity index (χ1v) is 3.12. The Hall–Kier alpha value is -0.960. The highest BCUT2D eigenvalue weighted by atomic mass is 19.1. The lowest BCUT2D eigenvalue weighted by Gasteiger charge is -1.98. The van der Waals surface area contributed by atoms with Crippen molar-refractivity contribution in [3.8, 4) is 0 Å². The summed E-state index contributed by atoms with van der Waals surface area (Å²) < 4.78 is 39.9. The quantitative estimate of drug-likeness (QED) is 0.694. The number of rotatable bonds is 2. The van der Waals surface area contributed by atoms with Gasteiger partial charge in [0, 0.05) is 8.81 Å². The van der Waals surface area contributed by atoms with Crippen LogP contribution in [0.15, 0.2) is 18.2 Å². The zero-order valence-electron chi connectivity index (χ0n) is 7.77. The minimum atomic E-state index is -1.89. The van der Waals surface area contributed by atoms with Crippen molar-refractivity contribution in [2.75, 3.05) is 6.54 Å². The summed E-state index contributed by atoms with van der Waals surface area (Å²) in [4.78, 5) is 0. The lowest BCUT2D eigenvalue weighted by Crippen LogP contribution is -2.03. The zero-order chi connectivity index (χ0) is 10.1. The van der Waals surface area contributed by atoms with E-state index in [1.807, 2.05) is 0 Å². The van der Waals surface area contributed by atoms with E-state index in [1.165, 1.54) is 0 Å². The molecule has 0 radical (unpaired) electrons. The molecular weight excluding hydrogens is 148 g/mol. The molecule has 0 saturated carbocycles. The molecule has 1 aromatic rings. The molecule has 0 unspecified atom stereocenters. The summed E-state index contributed by atoms with van der Waals surface area (Å²) in [6.45, 7) is -0.310. The van der Waals surface area contributed by atoms with Gasteiger partial charge in [0.2, 0.25) is 0 Å². The number of hydrogen-bond donors (Lipinski definition) is 1. The molecular formula is C8H9F2N. The van der Waals surface area contributed by atoms with Gasteiger partial charge in [-0.15, -0.1) is 0 Å². The van der Waals surface area contributed by atoms with Gasteiger partial charge in [0.25, 0.3) is 0 Å². The molecule has 0 spiro atoms. The van der Waals surface area contributed by atoms with Crippen molar-refractivity contribution < 1.29 is 11.5 Å². The van der Waals surface area contributed by atoms with Crippen molar-refractivity contribution >= 4 is 0 Å². The predicted octanol–water partition coefficient (Wildman–Crippen LogP) is 1.47. The van der Waals surface area contributed by atoms with E-state index in [0.29, 0.717) is 6.07 Å². The van der Waals surface area contributed by atoms with Crippen molar-refractivity contribution in [3.63, 3.8) is 0 Å². The highest BCUT2D eigenvalue weighted by Gasteiger charge is 1.98. The van der Waals surface area contributed by atoms with Crippen molar-refractivity contribution in [1.82, 2.24) is 0 Å². The smallest absolute Gasteiger partial charge is 0.126 e. The normalized spacial score (nSPS) is 14.1. The molecule has 0 aliphatic heterocycles. The van der Waals surface area contributed by atoms with Crippen LogP contribution in [0.2, 0.25) is 0 Å². The van der Waals surface area contributed by atoms with Crippen LogP contribution in [-0.2, 0) is 6.37 Å². The molecule has 2 N–H and O–H groups in total. The van der Waals surface area contributed by atoms with Gasteiger partial charge in [-0.2, -0.15) is 0 Å². The summed E-state index contributed by atoms with van der Waals surface area (Å²) in [6.07, 6.45) is -1.89. The van der Waals surface area contributed by atoms with E-state index in [9.17, 15) is 8.78 Å². The molecule has 11 heavy (non-hydrogen) atoms. The maximum atomic E-state index is 12.6. The number of hydrogen-bond acceptors (Lipinski definition) is 1. The van der Waals surface area contributed by atoms with Crippen LogP contribution in [0.5, 0.6) is 0 Å². The third-order valence-corrected chi connectivity index (χ3v) is 1.17. The molecule has 0 aliphatic carbocycles. The molecule has 0 atom stereocenters. The molecule has 0 bridgehead atoms. The lowest BCUT2D eigenvalue weighted by atomic mass is 10.1. The van der Waals surface area contributed by atoms with E-state index in [1.54, 1.807) is 0 Å². The molecule has 3 heteroatoms. The van der Waals surface area contributed by atoms with Gasteiger partial charge < -0.3 is 5.73 Å². The van der Waals surface area contributed by atoms with Crippen LogP contribution >= 0.6 is 0 Å². The molecule has 0 saturated heterocycles. The van der Waals surface area contributed by atoms with Crippen LogP contribution < -0.4 is 5.73 Å². The van der Waals surface area contributed by atoms with Crippen LogP contribution in [0.25, 0.3) is 0 Å². The topological polar surface area (TPSA) is 26.0 Å². The Balaban J connectivity index is 3.15. The van der Waals surface area contributed by atoms with Crippen LogP contribution in [0.1, 0.15) is 8.30 Å². The third-order valence-electron chi connectivity index (χ3n) is 1.17. The van der Waals surface area contributed by atoms with Gasteiger partial charge in [-0.25, -0.2) is 8.78 Å². The van der Waals surface area contributed by atoms with Crippen LogP contribution in [0, 0.1) is 11.6 Å². The third kappa shape index (κ3) is 2.27. The zero-order valence-corrected chi connectivity index (χ0v) is 5.77. The fraction of sp³-hybridized carbons (Fsp3) is 0.250. The molecule has 0 aliphatic rings. The van der Waals surface area contributed by atoms with Gasteiger partial charge in [0.05, 0.1) is 0 Å². The first-order chi connectivity index (χ1) is 5.95. The van der Waals surface area contributed by atoms with E-state index in [2.05, 4.69) is 0 Å². The first-order valence-electron chi connectivity index (χ1n) is 4.12. The Morgan fingerprint density at radius 1 is 1.27 bits per heavy atom. The second-order valence-corrected chi connectivity index (χ2v) is 2.04. The van der Waals surface area contributed by atoms with Crippen molar-refractivity contribution in [1.29, 1.82) is 0 Å². The van der Waals surface area contributed by atoms with E-state index in [4.69, 9.17) is 8.48 Å². The number of benzene rings is 1. The van der Waals surface area contributed by atoms with Crippen LogP contribution in [0.3, 0.4) is 0 Å². The Morgan fingerprint density at radius 2 is 1.82 bits per heavy atom. The van der Waals surface area contributed by atoms with Gasteiger partial charge in [-0.3, -0.25) is 0 Å². The van der Waals surface area contributed by atoms with Crippen molar-refractivity contribution in [3.05, 3.63) is 35.4 Å². The first kappa shape index (κ1) is 5.66. The Morgan fingerprint density at radius 3 is 2.27 bits per heavy atom. The molecule has 0 fully saturated rings. The van der Waals surface area contributed by atoms with Crippen molar-refractivity contribution in [2.24, 2.45) is 5.73 Å². The molecule has 0 heterocycles. The molecule has 60 valence electrons. The SMILES string of the molecule is [2H]C([2H])(CN)c1cc(F)cc(F)c1. The largest absolute Gasteiger partial charge is 0.330 e. The highest BCUT2D eigenvalue weighted by molar-refractivity contribution is 5.17. The van der Waals surface area contributed by atoms with Gasteiger partial charge in [-0.05, 0) is 30.6 Å². The molecule has 0 aromatic heterocycles. The van der Waals surface area contributed by atoms with Gasteiger partial charge in [0.15, 0.2) is 0 Å². The summed E-state index contributed by atoms with van der Waals surface area (Å²) in [6, 6.07) is 2.57. The molecule has 1 rings (SSSR count). The Labute approximate surface area is 66.6 Å². The number of halogens is 2. The monoisotopic (exact) mass is 159 g/mol. The Bertz CT molecular complexity index is 295. The van der Waals surface area contributed by atoms with E-state index in [0.717, 1.165) is 12.1 Å². The molecule has 0 amide bonds. The van der Waals surface area contributed by atoms with Crippen LogP contribution in [0.4, 0.5) is 8.78 Å². The average Bonchev–Trinajstić information content (AvgIpc) is 2.02. The molecule has 1 aromatic carbocycles. The van der Waals surface area contributed by atoms with Gasteiger partial charge in [0.1, 0.15) is 11.6 Å². The summed E-state index contributed by atoms with van der Waals surface area (Å²) in [7, 11) is 0. The van der Waals surface area contributed by atoms with Crippen molar-refractivity contribution in [2.45, 2.75) is 6.37 Å². The average molecular weight is 159 g/mol. The van der Waals surface area contributed by atoms with Gasteiger partial charge in [-0.1, -0.05) is 0 Å². The predicted molar refractivity (Wildman–Crippen MR) is 39.1 cm³/mol.